The number of hydrogen-bond donors (Lipinski definition) is 3. The van der Waals surface area contributed by atoms with Crippen LogP contribution in [0, 0.1) is 5.82 Å². The van der Waals surface area contributed by atoms with Crippen molar-refractivity contribution in [3.05, 3.63) is 53.9 Å². The van der Waals surface area contributed by atoms with E-state index in [-0.39, 0.29) is 17.7 Å². The third-order valence-electron chi connectivity index (χ3n) is 5.78. The van der Waals surface area contributed by atoms with E-state index in [1.54, 1.807) is 37.6 Å². The lowest BCUT2D eigenvalue weighted by Crippen LogP contribution is -2.25. The number of rotatable bonds is 6. The molecule has 2 aromatic heterocycles. The number of amides is 1. The van der Waals surface area contributed by atoms with Gasteiger partial charge < -0.3 is 21.1 Å². The Kier molecular flexibility index (Phi) is 5.84. The van der Waals surface area contributed by atoms with Crippen LogP contribution in [0.1, 0.15) is 42.1 Å². The predicted molar refractivity (Wildman–Crippen MR) is 128 cm³/mol. The highest BCUT2D eigenvalue weighted by atomic mass is 19.1. The molecule has 1 fully saturated rings. The SMILES string of the molecule is C[C@H](N)CNc1ccc(C(=O)Nc2cc(F)c3nn(C)cc3c2)c2nc([C@@H]3CCCO3)ncc12. The molecule has 1 saturated heterocycles. The van der Waals surface area contributed by atoms with Gasteiger partial charge in [-0.1, -0.05) is 0 Å². The first-order valence-electron chi connectivity index (χ1n) is 11.2. The molecule has 176 valence electrons. The average Bonchev–Trinajstić information content (AvgIpc) is 3.46. The van der Waals surface area contributed by atoms with Crippen molar-refractivity contribution in [1.82, 2.24) is 19.7 Å². The number of carbonyl (C=O) groups excluding carboxylic acids is 1. The van der Waals surface area contributed by atoms with Crippen LogP contribution in [-0.2, 0) is 11.8 Å². The van der Waals surface area contributed by atoms with E-state index in [0.717, 1.165) is 18.5 Å². The fraction of sp³-hybridized carbons (Fsp3) is 0.333. The van der Waals surface area contributed by atoms with E-state index in [1.807, 2.05) is 6.92 Å². The molecule has 0 bridgehead atoms. The number of halogens is 1. The average molecular weight is 464 g/mol. The van der Waals surface area contributed by atoms with Gasteiger partial charge in [0.1, 0.15) is 11.6 Å². The molecule has 4 N–H and O–H groups in total. The van der Waals surface area contributed by atoms with Crippen molar-refractivity contribution in [2.75, 3.05) is 23.8 Å². The van der Waals surface area contributed by atoms with Crippen molar-refractivity contribution in [2.45, 2.75) is 31.9 Å². The van der Waals surface area contributed by atoms with Crippen LogP contribution >= 0.6 is 0 Å². The number of nitrogens with one attached hydrogen (secondary N) is 2. The highest BCUT2D eigenvalue weighted by molar-refractivity contribution is 6.14. The van der Waals surface area contributed by atoms with Crippen LogP contribution in [0.5, 0.6) is 0 Å². The first-order valence-corrected chi connectivity index (χ1v) is 11.2. The molecule has 0 radical (unpaired) electrons. The van der Waals surface area contributed by atoms with E-state index >= 15 is 0 Å². The quantitative estimate of drug-likeness (QED) is 0.400. The summed E-state index contributed by atoms with van der Waals surface area (Å²) >= 11 is 0. The summed E-state index contributed by atoms with van der Waals surface area (Å²) in [5, 5.41) is 11.5. The van der Waals surface area contributed by atoms with Crippen molar-refractivity contribution in [2.24, 2.45) is 12.8 Å². The number of fused-ring (bicyclic) bond motifs is 2. The van der Waals surface area contributed by atoms with E-state index in [4.69, 9.17) is 15.5 Å². The normalized spacial score (nSPS) is 16.8. The fourth-order valence-electron chi connectivity index (χ4n) is 4.16. The Balaban J connectivity index is 1.53. The molecule has 0 unspecified atom stereocenters. The molecule has 10 heteroatoms. The predicted octanol–water partition coefficient (Wildman–Crippen LogP) is 3.52. The van der Waals surface area contributed by atoms with E-state index in [1.165, 1.54) is 10.7 Å². The Labute approximate surface area is 195 Å². The molecule has 5 rings (SSSR count). The molecule has 1 amide bonds. The summed E-state index contributed by atoms with van der Waals surface area (Å²) in [4.78, 5) is 22.5. The maximum Gasteiger partial charge on any atom is 0.257 e. The molecule has 2 aromatic carbocycles. The summed E-state index contributed by atoms with van der Waals surface area (Å²) in [6, 6.07) is 6.41. The maximum absolute atomic E-state index is 14.5. The zero-order chi connectivity index (χ0) is 23.8. The third-order valence-corrected chi connectivity index (χ3v) is 5.78. The summed E-state index contributed by atoms with van der Waals surface area (Å²) < 4.78 is 21.8. The number of anilines is 2. The first-order chi connectivity index (χ1) is 16.4. The minimum Gasteiger partial charge on any atom is -0.383 e. The highest BCUT2D eigenvalue weighted by Crippen LogP contribution is 2.31. The Morgan fingerprint density at radius 2 is 2.21 bits per heavy atom. The van der Waals surface area contributed by atoms with Crippen LogP contribution in [0.25, 0.3) is 21.8 Å². The Morgan fingerprint density at radius 1 is 1.35 bits per heavy atom. The largest absolute Gasteiger partial charge is 0.383 e. The standard InChI is InChI=1S/C24H26FN7O2/c1-13(26)10-27-19-6-5-16(22-17(19)11-28-23(30-22)20-4-3-7-34-20)24(33)29-15-8-14-12-32(2)31-21(14)18(25)9-15/h5-6,8-9,11-13,20,27H,3-4,7,10,26H2,1-2H3,(H,29,33)/t13-,20-/m0/s1. The van der Waals surface area contributed by atoms with E-state index in [2.05, 4.69) is 20.7 Å². The van der Waals surface area contributed by atoms with Crippen molar-refractivity contribution >= 4 is 39.1 Å². The van der Waals surface area contributed by atoms with Crippen LogP contribution in [0.2, 0.25) is 0 Å². The Hall–Kier alpha value is -3.63. The number of carbonyl (C=O) groups is 1. The second kappa shape index (κ2) is 8.96. The summed E-state index contributed by atoms with van der Waals surface area (Å²) in [5.41, 5.74) is 8.12. The van der Waals surface area contributed by atoms with Crippen molar-refractivity contribution in [3.8, 4) is 0 Å². The van der Waals surface area contributed by atoms with Gasteiger partial charge in [0.2, 0.25) is 0 Å². The zero-order valence-electron chi connectivity index (χ0n) is 19.0. The van der Waals surface area contributed by atoms with E-state index < -0.39 is 11.7 Å². The van der Waals surface area contributed by atoms with Gasteiger partial charge in [0.25, 0.3) is 5.91 Å². The monoisotopic (exact) mass is 463 g/mol. The Morgan fingerprint density at radius 3 is 2.97 bits per heavy atom. The van der Waals surface area contributed by atoms with Crippen molar-refractivity contribution in [3.63, 3.8) is 0 Å². The fourth-order valence-corrected chi connectivity index (χ4v) is 4.16. The molecule has 0 saturated carbocycles. The molecule has 1 aliphatic rings. The number of benzene rings is 2. The number of aromatic nitrogens is 4. The van der Waals surface area contributed by atoms with Crippen molar-refractivity contribution < 1.29 is 13.9 Å². The lowest BCUT2D eigenvalue weighted by Gasteiger charge is -2.15. The summed E-state index contributed by atoms with van der Waals surface area (Å²) in [5.74, 6) is -0.355. The summed E-state index contributed by atoms with van der Waals surface area (Å²) in [6.45, 7) is 3.12. The topological polar surface area (TPSA) is 120 Å². The molecule has 1 aliphatic heterocycles. The van der Waals surface area contributed by atoms with Gasteiger partial charge in [-0.3, -0.25) is 9.48 Å². The molecule has 4 aromatic rings. The lowest BCUT2D eigenvalue weighted by atomic mass is 10.1. The lowest BCUT2D eigenvalue weighted by molar-refractivity contribution is 0.102. The molecular formula is C24H26FN7O2. The van der Waals surface area contributed by atoms with Gasteiger partial charge in [0, 0.05) is 60.8 Å². The van der Waals surface area contributed by atoms with Gasteiger partial charge >= 0.3 is 0 Å². The van der Waals surface area contributed by atoms with Crippen LogP contribution < -0.4 is 16.4 Å². The maximum atomic E-state index is 14.5. The number of nitrogens with zero attached hydrogens (tertiary/aromatic N) is 4. The highest BCUT2D eigenvalue weighted by Gasteiger charge is 2.23. The molecule has 0 aliphatic carbocycles. The minimum atomic E-state index is -0.503. The van der Waals surface area contributed by atoms with Gasteiger partial charge in [0.05, 0.1) is 11.1 Å². The third kappa shape index (κ3) is 4.29. The zero-order valence-corrected chi connectivity index (χ0v) is 19.0. The molecular weight excluding hydrogens is 437 g/mol. The number of ether oxygens (including phenoxy) is 1. The number of aryl methyl sites for hydroxylation is 1. The second-order valence-electron chi connectivity index (χ2n) is 8.66. The van der Waals surface area contributed by atoms with Crippen LogP contribution in [-0.4, -0.2) is 44.8 Å². The van der Waals surface area contributed by atoms with Gasteiger partial charge in [-0.2, -0.15) is 5.10 Å². The van der Waals surface area contributed by atoms with E-state index in [9.17, 15) is 9.18 Å². The summed E-state index contributed by atoms with van der Waals surface area (Å²) in [6.07, 6.45) is 4.99. The second-order valence-corrected chi connectivity index (χ2v) is 8.66. The number of nitrogens with two attached hydrogens (primary N) is 1. The molecule has 9 nitrogen and oxygen atoms in total. The van der Waals surface area contributed by atoms with Gasteiger partial charge in [-0.25, -0.2) is 14.4 Å². The van der Waals surface area contributed by atoms with Gasteiger partial charge in [-0.05, 0) is 44.0 Å². The van der Waals surface area contributed by atoms with E-state index in [0.29, 0.717) is 46.5 Å². The molecule has 0 spiro atoms. The summed E-state index contributed by atoms with van der Waals surface area (Å²) in [7, 11) is 1.72. The number of hydrogen-bond acceptors (Lipinski definition) is 7. The van der Waals surface area contributed by atoms with Crippen LogP contribution in [0.3, 0.4) is 0 Å². The Bertz CT molecular complexity index is 1380. The smallest absolute Gasteiger partial charge is 0.257 e. The molecule has 3 heterocycles. The molecule has 34 heavy (non-hydrogen) atoms. The van der Waals surface area contributed by atoms with Crippen LogP contribution in [0.4, 0.5) is 15.8 Å². The molecule has 2 atom stereocenters. The first kappa shape index (κ1) is 22.2. The van der Waals surface area contributed by atoms with Gasteiger partial charge in [-0.15, -0.1) is 0 Å². The van der Waals surface area contributed by atoms with Gasteiger partial charge in [0.15, 0.2) is 11.6 Å². The van der Waals surface area contributed by atoms with Crippen molar-refractivity contribution in [1.29, 1.82) is 0 Å². The van der Waals surface area contributed by atoms with Crippen LogP contribution in [0.15, 0.2) is 36.7 Å². The minimum absolute atomic E-state index is 0.0533.